The highest BCUT2D eigenvalue weighted by Gasteiger charge is 2.32. The molecule has 3 nitrogen and oxygen atoms in total. The Bertz CT molecular complexity index is 630. The molecule has 1 aromatic carbocycles. The molecular formula is C17H21BrF3N3. The number of fused-ring (bicyclic) bond motifs is 1. The second kappa shape index (κ2) is 6.94. The Labute approximate surface area is 148 Å². The minimum absolute atomic E-state index is 0.138. The van der Waals surface area contributed by atoms with E-state index >= 15 is 0 Å². The molecule has 132 valence electrons. The third kappa shape index (κ3) is 3.87. The molecule has 1 heterocycles. The first kappa shape index (κ1) is 17.6. The lowest BCUT2D eigenvalue weighted by Crippen LogP contribution is -2.42. The number of aliphatic imine (C=N–C) groups is 1. The highest BCUT2D eigenvalue weighted by Crippen LogP contribution is 2.36. The van der Waals surface area contributed by atoms with Crippen LogP contribution in [0.2, 0.25) is 0 Å². The van der Waals surface area contributed by atoms with Crippen LogP contribution in [0.3, 0.4) is 0 Å². The van der Waals surface area contributed by atoms with Crippen LogP contribution in [0.15, 0.2) is 23.2 Å². The van der Waals surface area contributed by atoms with Crippen LogP contribution in [-0.2, 0) is 12.6 Å². The van der Waals surface area contributed by atoms with Gasteiger partial charge in [-0.2, -0.15) is 13.2 Å². The minimum Gasteiger partial charge on any atom is -0.370 e. The van der Waals surface area contributed by atoms with E-state index in [4.69, 9.17) is 5.73 Å². The summed E-state index contributed by atoms with van der Waals surface area (Å²) < 4.78 is 39.0. The molecule has 0 bridgehead atoms. The summed E-state index contributed by atoms with van der Waals surface area (Å²) >= 11 is 3.62. The van der Waals surface area contributed by atoms with E-state index in [0.717, 1.165) is 50.2 Å². The van der Waals surface area contributed by atoms with E-state index in [1.54, 1.807) is 11.0 Å². The highest BCUT2D eigenvalue weighted by molar-refractivity contribution is 9.09. The Kier molecular flexibility index (Phi) is 5.08. The topological polar surface area (TPSA) is 41.6 Å². The van der Waals surface area contributed by atoms with Gasteiger partial charge in [-0.15, -0.1) is 0 Å². The minimum atomic E-state index is -4.35. The molecule has 3 rings (SSSR count). The fourth-order valence-electron chi connectivity index (χ4n) is 3.47. The van der Waals surface area contributed by atoms with Gasteiger partial charge in [0.1, 0.15) is 0 Å². The van der Waals surface area contributed by atoms with Gasteiger partial charge in [0.05, 0.1) is 11.6 Å². The summed E-state index contributed by atoms with van der Waals surface area (Å²) in [5, 5.41) is 0. The molecule has 1 aliphatic heterocycles. The van der Waals surface area contributed by atoms with Crippen LogP contribution in [0.5, 0.6) is 0 Å². The lowest BCUT2D eigenvalue weighted by Gasteiger charge is -2.32. The summed E-state index contributed by atoms with van der Waals surface area (Å²) in [6, 6.07) is 4.04. The molecule has 2 atom stereocenters. The van der Waals surface area contributed by atoms with Crippen molar-refractivity contribution in [3.05, 3.63) is 29.3 Å². The van der Waals surface area contributed by atoms with Crippen molar-refractivity contribution in [3.63, 3.8) is 0 Å². The molecule has 0 radical (unpaired) electrons. The van der Waals surface area contributed by atoms with Crippen molar-refractivity contribution in [2.45, 2.75) is 55.6 Å². The van der Waals surface area contributed by atoms with Crippen LogP contribution in [-0.4, -0.2) is 23.4 Å². The molecule has 0 spiro atoms. The zero-order valence-corrected chi connectivity index (χ0v) is 14.9. The summed E-state index contributed by atoms with van der Waals surface area (Å²) in [5.41, 5.74) is 6.98. The number of guanidine groups is 1. The Balaban J connectivity index is 1.87. The smallest absolute Gasteiger partial charge is 0.370 e. The summed E-state index contributed by atoms with van der Waals surface area (Å²) in [7, 11) is 0. The fourth-order valence-corrected chi connectivity index (χ4v) is 4.22. The van der Waals surface area contributed by atoms with Gasteiger partial charge in [0.25, 0.3) is 0 Å². The number of nitrogens with zero attached hydrogens (tertiary/aromatic N) is 2. The van der Waals surface area contributed by atoms with Crippen LogP contribution < -0.4 is 10.6 Å². The highest BCUT2D eigenvalue weighted by atomic mass is 79.9. The number of halogens is 4. The Morgan fingerprint density at radius 1 is 1.25 bits per heavy atom. The predicted octanol–water partition coefficient (Wildman–Crippen LogP) is 4.48. The maximum atomic E-state index is 13.0. The molecule has 0 aromatic heterocycles. The Hall–Kier alpha value is -1.24. The van der Waals surface area contributed by atoms with Crippen LogP contribution in [0.25, 0.3) is 0 Å². The Morgan fingerprint density at radius 2 is 2.04 bits per heavy atom. The lowest BCUT2D eigenvalue weighted by atomic mass is 9.96. The van der Waals surface area contributed by atoms with E-state index in [1.165, 1.54) is 6.07 Å². The molecule has 1 aliphatic carbocycles. The van der Waals surface area contributed by atoms with Crippen molar-refractivity contribution in [2.24, 2.45) is 10.7 Å². The van der Waals surface area contributed by atoms with Crippen LogP contribution in [0, 0.1) is 0 Å². The first-order valence-corrected chi connectivity index (χ1v) is 9.21. The van der Waals surface area contributed by atoms with Gasteiger partial charge in [-0.05, 0) is 49.8 Å². The Morgan fingerprint density at radius 3 is 2.75 bits per heavy atom. The summed E-state index contributed by atoms with van der Waals surface area (Å²) in [5.74, 6) is 0.335. The van der Waals surface area contributed by atoms with E-state index in [-0.39, 0.29) is 6.04 Å². The molecule has 2 unspecified atom stereocenters. The van der Waals surface area contributed by atoms with Crippen LogP contribution in [0.1, 0.15) is 43.2 Å². The van der Waals surface area contributed by atoms with Crippen molar-refractivity contribution in [3.8, 4) is 0 Å². The molecule has 2 aliphatic rings. The maximum absolute atomic E-state index is 13.0. The zero-order chi connectivity index (χ0) is 17.3. The van der Waals surface area contributed by atoms with Crippen LogP contribution in [0.4, 0.5) is 18.9 Å². The zero-order valence-electron chi connectivity index (χ0n) is 13.3. The second-order valence-electron chi connectivity index (χ2n) is 6.50. The fraction of sp³-hybridized carbons (Fsp3) is 0.588. The van der Waals surface area contributed by atoms with Crippen molar-refractivity contribution in [1.29, 1.82) is 0 Å². The first-order chi connectivity index (χ1) is 11.3. The molecular weight excluding hydrogens is 383 g/mol. The van der Waals surface area contributed by atoms with Crippen molar-refractivity contribution in [2.75, 3.05) is 11.4 Å². The van der Waals surface area contributed by atoms with E-state index < -0.39 is 11.7 Å². The number of nitrogens with two attached hydrogens (primary N) is 1. The summed E-state index contributed by atoms with van der Waals surface area (Å²) in [6.45, 7) is 0.605. The van der Waals surface area contributed by atoms with Gasteiger partial charge in [0.15, 0.2) is 5.96 Å². The predicted molar refractivity (Wildman–Crippen MR) is 93.7 cm³/mol. The van der Waals surface area contributed by atoms with E-state index in [2.05, 4.69) is 20.9 Å². The van der Waals surface area contributed by atoms with Crippen molar-refractivity contribution < 1.29 is 13.2 Å². The average Bonchev–Trinajstić information content (AvgIpc) is 2.53. The quantitative estimate of drug-likeness (QED) is 0.426. The number of alkyl halides is 4. The maximum Gasteiger partial charge on any atom is 0.416 e. The molecule has 24 heavy (non-hydrogen) atoms. The van der Waals surface area contributed by atoms with E-state index in [9.17, 15) is 13.2 Å². The third-order valence-electron chi connectivity index (χ3n) is 4.71. The SMILES string of the molecule is NC(=NC1CCCC(Br)C1)N1CCCc2ccc(C(F)(F)F)cc21. The number of hydrogen-bond donors (Lipinski definition) is 1. The largest absolute Gasteiger partial charge is 0.416 e. The number of hydrogen-bond acceptors (Lipinski definition) is 1. The van der Waals surface area contributed by atoms with Gasteiger partial charge in [0, 0.05) is 17.1 Å². The van der Waals surface area contributed by atoms with Gasteiger partial charge >= 0.3 is 6.18 Å². The van der Waals surface area contributed by atoms with Gasteiger partial charge in [-0.3, -0.25) is 0 Å². The van der Waals surface area contributed by atoms with Crippen molar-refractivity contribution in [1.82, 2.24) is 0 Å². The molecule has 1 saturated carbocycles. The van der Waals surface area contributed by atoms with E-state index in [0.29, 0.717) is 23.0 Å². The normalized spacial score (nSPS) is 25.5. The summed E-state index contributed by atoms with van der Waals surface area (Å²) in [6.07, 6.45) is 1.40. The average molecular weight is 404 g/mol. The standard InChI is InChI=1S/C17H21BrF3N3/c18-13-4-1-5-14(10-13)23-16(22)24-8-2-3-11-6-7-12(9-15(11)24)17(19,20)21/h6-7,9,13-14H,1-5,8,10H2,(H2,22,23). The summed E-state index contributed by atoms with van der Waals surface area (Å²) in [4.78, 5) is 6.79. The van der Waals surface area contributed by atoms with Crippen LogP contribution >= 0.6 is 15.9 Å². The van der Waals surface area contributed by atoms with Gasteiger partial charge < -0.3 is 10.6 Å². The molecule has 1 aromatic rings. The first-order valence-electron chi connectivity index (χ1n) is 8.29. The van der Waals surface area contributed by atoms with Gasteiger partial charge in [0.2, 0.25) is 0 Å². The monoisotopic (exact) mass is 403 g/mol. The number of aryl methyl sites for hydroxylation is 1. The number of benzene rings is 1. The number of anilines is 1. The molecule has 1 fully saturated rings. The molecule has 0 saturated heterocycles. The van der Waals surface area contributed by atoms with E-state index in [1.807, 2.05) is 0 Å². The lowest BCUT2D eigenvalue weighted by molar-refractivity contribution is -0.137. The van der Waals surface area contributed by atoms with Crippen molar-refractivity contribution >= 4 is 27.6 Å². The third-order valence-corrected chi connectivity index (χ3v) is 5.54. The molecule has 2 N–H and O–H groups in total. The molecule has 7 heteroatoms. The number of rotatable bonds is 1. The molecule has 0 amide bonds. The van der Waals surface area contributed by atoms with Gasteiger partial charge in [-0.25, -0.2) is 4.99 Å². The van der Waals surface area contributed by atoms with Gasteiger partial charge in [-0.1, -0.05) is 28.4 Å². The second-order valence-corrected chi connectivity index (χ2v) is 7.80.